The second-order valence-electron chi connectivity index (χ2n) is 4.61. The van der Waals surface area contributed by atoms with Gasteiger partial charge in [-0.25, -0.2) is 0 Å². The molecule has 1 saturated heterocycles. The predicted octanol–water partition coefficient (Wildman–Crippen LogP) is 1.31. The lowest BCUT2D eigenvalue weighted by molar-refractivity contribution is -0.125. The second kappa shape index (κ2) is 6.40. The van der Waals surface area contributed by atoms with Crippen molar-refractivity contribution in [2.24, 2.45) is 5.92 Å². The van der Waals surface area contributed by atoms with Crippen LogP contribution in [0.3, 0.4) is 0 Å². The first-order valence-electron chi connectivity index (χ1n) is 6.41. The number of nitrogens with one attached hydrogen (secondary N) is 2. The molecule has 4 nitrogen and oxygen atoms in total. The number of piperidine rings is 1. The number of hydrogen-bond donors (Lipinski definition) is 2. The lowest BCUT2D eigenvalue weighted by Crippen LogP contribution is -2.40. The molecule has 1 heterocycles. The van der Waals surface area contributed by atoms with Gasteiger partial charge in [0.2, 0.25) is 5.91 Å². The van der Waals surface area contributed by atoms with E-state index in [1.165, 1.54) is 0 Å². The number of hydrogen-bond acceptors (Lipinski definition) is 3. The van der Waals surface area contributed by atoms with Crippen LogP contribution in [0.2, 0.25) is 0 Å². The Hall–Kier alpha value is -1.55. The van der Waals surface area contributed by atoms with Crippen LogP contribution in [-0.4, -0.2) is 26.1 Å². The number of benzene rings is 1. The topological polar surface area (TPSA) is 50.4 Å². The fraction of sp³-hybridized carbons (Fsp3) is 0.500. The van der Waals surface area contributed by atoms with Crippen molar-refractivity contribution in [2.45, 2.75) is 19.4 Å². The van der Waals surface area contributed by atoms with Gasteiger partial charge < -0.3 is 15.4 Å². The van der Waals surface area contributed by atoms with E-state index in [-0.39, 0.29) is 11.8 Å². The minimum atomic E-state index is 0.115. The molecule has 1 aromatic rings. The molecule has 4 heteroatoms. The van der Waals surface area contributed by atoms with Crippen molar-refractivity contribution in [3.8, 4) is 5.75 Å². The van der Waals surface area contributed by atoms with E-state index in [1.807, 2.05) is 24.3 Å². The first-order chi connectivity index (χ1) is 8.79. The highest BCUT2D eigenvalue weighted by molar-refractivity contribution is 5.78. The Morgan fingerprint density at radius 3 is 3.17 bits per heavy atom. The third-order valence-corrected chi connectivity index (χ3v) is 3.27. The fourth-order valence-corrected chi connectivity index (χ4v) is 2.19. The van der Waals surface area contributed by atoms with Crippen LogP contribution in [0.4, 0.5) is 0 Å². The fourth-order valence-electron chi connectivity index (χ4n) is 2.19. The molecule has 1 amide bonds. The van der Waals surface area contributed by atoms with Crippen LogP contribution in [0.25, 0.3) is 0 Å². The summed E-state index contributed by atoms with van der Waals surface area (Å²) in [4.78, 5) is 11.9. The molecule has 2 rings (SSSR count). The van der Waals surface area contributed by atoms with Gasteiger partial charge in [-0.3, -0.25) is 4.79 Å². The Kier molecular flexibility index (Phi) is 4.59. The zero-order chi connectivity index (χ0) is 12.8. The van der Waals surface area contributed by atoms with Crippen LogP contribution in [0.15, 0.2) is 24.3 Å². The van der Waals surface area contributed by atoms with Gasteiger partial charge in [-0.2, -0.15) is 0 Å². The van der Waals surface area contributed by atoms with Gasteiger partial charge in [0.1, 0.15) is 5.75 Å². The molecule has 18 heavy (non-hydrogen) atoms. The Labute approximate surface area is 108 Å². The molecule has 0 saturated carbocycles. The molecule has 1 aliphatic rings. The Morgan fingerprint density at radius 2 is 2.44 bits per heavy atom. The minimum Gasteiger partial charge on any atom is -0.497 e. The molecule has 1 aliphatic heterocycles. The molecule has 1 aromatic carbocycles. The molecule has 98 valence electrons. The molecule has 0 radical (unpaired) electrons. The highest BCUT2D eigenvalue weighted by Gasteiger charge is 2.20. The van der Waals surface area contributed by atoms with Crippen molar-refractivity contribution < 1.29 is 9.53 Å². The first kappa shape index (κ1) is 12.9. The van der Waals surface area contributed by atoms with Crippen LogP contribution >= 0.6 is 0 Å². The zero-order valence-electron chi connectivity index (χ0n) is 10.7. The van der Waals surface area contributed by atoms with Crippen molar-refractivity contribution in [1.82, 2.24) is 10.6 Å². The highest BCUT2D eigenvalue weighted by atomic mass is 16.5. The number of rotatable bonds is 4. The molecule has 0 aromatic heterocycles. The largest absolute Gasteiger partial charge is 0.497 e. The summed E-state index contributed by atoms with van der Waals surface area (Å²) in [6, 6.07) is 7.76. The Morgan fingerprint density at radius 1 is 1.56 bits per heavy atom. The van der Waals surface area contributed by atoms with Crippen molar-refractivity contribution in [2.75, 3.05) is 20.2 Å². The molecule has 0 spiro atoms. The van der Waals surface area contributed by atoms with Gasteiger partial charge >= 0.3 is 0 Å². The SMILES string of the molecule is COc1cccc(CNC(=O)[C@H]2CCCNC2)c1. The van der Waals surface area contributed by atoms with E-state index in [9.17, 15) is 4.79 Å². The molecule has 2 N–H and O–H groups in total. The van der Waals surface area contributed by atoms with Crippen molar-refractivity contribution in [3.63, 3.8) is 0 Å². The quantitative estimate of drug-likeness (QED) is 0.844. The zero-order valence-corrected chi connectivity index (χ0v) is 10.7. The van der Waals surface area contributed by atoms with Crippen LogP contribution in [-0.2, 0) is 11.3 Å². The summed E-state index contributed by atoms with van der Waals surface area (Å²) in [5.41, 5.74) is 1.06. The van der Waals surface area contributed by atoms with Crippen LogP contribution < -0.4 is 15.4 Å². The minimum absolute atomic E-state index is 0.115. The molecule has 1 atom stereocenters. The maximum absolute atomic E-state index is 11.9. The van der Waals surface area contributed by atoms with Gasteiger partial charge in [0, 0.05) is 13.1 Å². The maximum Gasteiger partial charge on any atom is 0.224 e. The van der Waals surface area contributed by atoms with Crippen molar-refractivity contribution in [3.05, 3.63) is 29.8 Å². The van der Waals surface area contributed by atoms with Gasteiger partial charge in [-0.1, -0.05) is 12.1 Å². The maximum atomic E-state index is 11.9. The van der Waals surface area contributed by atoms with Gasteiger partial charge in [0.15, 0.2) is 0 Å². The van der Waals surface area contributed by atoms with Gasteiger partial charge in [0.25, 0.3) is 0 Å². The smallest absolute Gasteiger partial charge is 0.224 e. The average Bonchev–Trinajstić information content (AvgIpc) is 2.46. The third kappa shape index (κ3) is 3.47. The number of carbonyl (C=O) groups is 1. The number of methoxy groups -OCH3 is 1. The lowest BCUT2D eigenvalue weighted by Gasteiger charge is -2.21. The van der Waals surface area contributed by atoms with Gasteiger partial charge in [-0.15, -0.1) is 0 Å². The normalized spacial score (nSPS) is 19.3. The van der Waals surface area contributed by atoms with Crippen molar-refractivity contribution in [1.29, 1.82) is 0 Å². The van der Waals surface area contributed by atoms with E-state index in [4.69, 9.17) is 4.74 Å². The summed E-state index contributed by atoms with van der Waals surface area (Å²) in [5, 5.41) is 6.24. The summed E-state index contributed by atoms with van der Waals surface area (Å²) < 4.78 is 5.16. The van der Waals surface area contributed by atoms with E-state index < -0.39 is 0 Å². The van der Waals surface area contributed by atoms with Crippen molar-refractivity contribution >= 4 is 5.91 Å². The van der Waals surface area contributed by atoms with Gasteiger partial charge in [-0.05, 0) is 37.1 Å². The molecular formula is C14H20N2O2. The van der Waals surface area contributed by atoms with Gasteiger partial charge in [0.05, 0.1) is 13.0 Å². The van der Waals surface area contributed by atoms with Crippen LogP contribution in [0, 0.1) is 5.92 Å². The summed E-state index contributed by atoms with van der Waals surface area (Å²) in [5.74, 6) is 1.08. The lowest BCUT2D eigenvalue weighted by atomic mass is 9.99. The molecule has 0 unspecified atom stereocenters. The summed E-state index contributed by atoms with van der Waals surface area (Å²) in [7, 11) is 1.64. The third-order valence-electron chi connectivity index (χ3n) is 3.27. The van der Waals surface area contributed by atoms with E-state index >= 15 is 0 Å². The standard InChI is InChI=1S/C14H20N2O2/c1-18-13-6-2-4-11(8-13)9-16-14(17)12-5-3-7-15-10-12/h2,4,6,8,12,15H,3,5,7,9-10H2,1H3,(H,16,17)/t12-/m0/s1. The number of carbonyl (C=O) groups excluding carboxylic acids is 1. The molecule has 0 bridgehead atoms. The highest BCUT2D eigenvalue weighted by Crippen LogP contribution is 2.13. The van der Waals surface area contributed by atoms with E-state index in [2.05, 4.69) is 10.6 Å². The average molecular weight is 248 g/mol. The monoisotopic (exact) mass is 248 g/mol. The first-order valence-corrected chi connectivity index (χ1v) is 6.41. The molecule has 1 fully saturated rings. The number of amides is 1. The van der Waals surface area contributed by atoms with Crippen LogP contribution in [0.5, 0.6) is 5.75 Å². The van der Waals surface area contributed by atoms with E-state index in [1.54, 1.807) is 7.11 Å². The summed E-state index contributed by atoms with van der Waals surface area (Å²) in [6.07, 6.45) is 2.06. The van der Waals surface area contributed by atoms with E-state index in [0.29, 0.717) is 6.54 Å². The Balaban J connectivity index is 1.84. The van der Waals surface area contributed by atoms with E-state index in [0.717, 1.165) is 37.2 Å². The Bertz CT molecular complexity index is 401. The molecule has 0 aliphatic carbocycles. The molecular weight excluding hydrogens is 228 g/mol. The number of ether oxygens (including phenoxy) is 1. The predicted molar refractivity (Wildman–Crippen MR) is 70.4 cm³/mol. The summed E-state index contributed by atoms with van der Waals surface area (Å²) in [6.45, 7) is 2.39. The van der Waals surface area contributed by atoms with Crippen LogP contribution in [0.1, 0.15) is 18.4 Å². The second-order valence-corrected chi connectivity index (χ2v) is 4.61. The summed E-state index contributed by atoms with van der Waals surface area (Å²) >= 11 is 0.